The highest BCUT2D eigenvalue weighted by atomic mass is 79.9. The van der Waals surface area contributed by atoms with Crippen LogP contribution >= 0.6 is 31.9 Å². The van der Waals surface area contributed by atoms with Crippen LogP contribution in [0.1, 0.15) is 0 Å². The minimum Gasteiger partial charge on any atom is -0.0622 e. The highest BCUT2D eigenvalue weighted by Gasteiger charge is 2.09. The summed E-state index contributed by atoms with van der Waals surface area (Å²) in [6.07, 6.45) is 0. The maximum absolute atomic E-state index is 3.73. The van der Waals surface area contributed by atoms with E-state index >= 15 is 0 Å². The van der Waals surface area contributed by atoms with Crippen LogP contribution < -0.4 is 0 Å². The molecule has 2 heteroatoms. The van der Waals surface area contributed by atoms with Crippen LogP contribution in [-0.2, 0) is 0 Å². The first-order valence-electron chi connectivity index (χ1n) is 7.76. The van der Waals surface area contributed by atoms with Gasteiger partial charge >= 0.3 is 0 Å². The molecule has 0 amide bonds. The molecule has 0 spiro atoms. The SMILES string of the molecule is Brc1cc2cc(Br)c(-c3ccccc3)cc2cc1-c1ccccc1. The van der Waals surface area contributed by atoms with Gasteiger partial charge in [0.05, 0.1) is 0 Å². The van der Waals surface area contributed by atoms with E-state index in [1.807, 2.05) is 12.1 Å². The van der Waals surface area contributed by atoms with Crippen molar-refractivity contribution in [2.45, 2.75) is 0 Å². The van der Waals surface area contributed by atoms with Crippen molar-refractivity contribution in [2.24, 2.45) is 0 Å². The number of hydrogen-bond acceptors (Lipinski definition) is 0. The van der Waals surface area contributed by atoms with Crippen molar-refractivity contribution in [2.75, 3.05) is 0 Å². The van der Waals surface area contributed by atoms with Crippen LogP contribution in [0.25, 0.3) is 33.0 Å². The zero-order valence-corrected chi connectivity index (χ0v) is 16.0. The number of rotatable bonds is 2. The summed E-state index contributed by atoms with van der Waals surface area (Å²) < 4.78 is 2.22. The van der Waals surface area contributed by atoms with E-state index in [1.165, 1.54) is 33.0 Å². The van der Waals surface area contributed by atoms with Gasteiger partial charge in [-0.2, -0.15) is 0 Å². The second kappa shape index (κ2) is 6.54. The molecule has 0 atom stereocenters. The van der Waals surface area contributed by atoms with Gasteiger partial charge in [0.25, 0.3) is 0 Å². The van der Waals surface area contributed by atoms with Crippen molar-refractivity contribution in [3.63, 3.8) is 0 Å². The molecule has 0 fully saturated rings. The van der Waals surface area contributed by atoms with E-state index in [4.69, 9.17) is 0 Å². The standard InChI is InChI=1S/C22H14Br2/c23-21-13-18-14-22(24)20(16-9-5-2-6-10-16)12-17(18)11-19(21)15-7-3-1-4-8-15/h1-14H. The van der Waals surface area contributed by atoms with Gasteiger partial charge in [0.2, 0.25) is 0 Å². The Labute approximate surface area is 158 Å². The van der Waals surface area contributed by atoms with Gasteiger partial charge in [-0.15, -0.1) is 0 Å². The topological polar surface area (TPSA) is 0 Å². The molecule has 0 aromatic heterocycles. The van der Waals surface area contributed by atoms with Gasteiger partial charge in [-0.3, -0.25) is 0 Å². The van der Waals surface area contributed by atoms with Gasteiger partial charge < -0.3 is 0 Å². The number of halogens is 2. The van der Waals surface area contributed by atoms with Gasteiger partial charge in [-0.25, -0.2) is 0 Å². The monoisotopic (exact) mass is 436 g/mol. The fourth-order valence-electron chi connectivity index (χ4n) is 2.97. The van der Waals surface area contributed by atoms with Crippen LogP contribution in [0.5, 0.6) is 0 Å². The molecule has 0 aliphatic rings. The van der Waals surface area contributed by atoms with Gasteiger partial charge in [-0.1, -0.05) is 92.5 Å². The molecule has 24 heavy (non-hydrogen) atoms. The van der Waals surface area contributed by atoms with E-state index in [0.717, 1.165) is 8.95 Å². The van der Waals surface area contributed by atoms with Gasteiger partial charge in [-0.05, 0) is 57.3 Å². The molecule has 0 heterocycles. The summed E-state index contributed by atoms with van der Waals surface area (Å²) in [7, 11) is 0. The zero-order valence-electron chi connectivity index (χ0n) is 12.8. The summed E-state index contributed by atoms with van der Waals surface area (Å²) in [6.45, 7) is 0. The molecule has 4 rings (SSSR count). The lowest BCUT2D eigenvalue weighted by atomic mass is 9.97. The molecule has 0 bridgehead atoms. The summed E-state index contributed by atoms with van der Waals surface area (Å²) in [6, 6.07) is 29.8. The smallest absolute Gasteiger partial charge is 0.0260 e. The average Bonchev–Trinajstić information content (AvgIpc) is 2.62. The molecule has 0 aliphatic carbocycles. The van der Waals surface area contributed by atoms with E-state index in [0.29, 0.717) is 0 Å². The van der Waals surface area contributed by atoms with Gasteiger partial charge in [0.1, 0.15) is 0 Å². The van der Waals surface area contributed by atoms with Crippen molar-refractivity contribution in [3.8, 4) is 22.3 Å². The average molecular weight is 438 g/mol. The normalized spacial score (nSPS) is 10.9. The molecule has 4 aromatic rings. The fraction of sp³-hybridized carbons (Fsp3) is 0. The summed E-state index contributed by atoms with van der Waals surface area (Å²) in [4.78, 5) is 0. The minimum atomic E-state index is 1.11. The number of benzene rings is 4. The quantitative estimate of drug-likeness (QED) is 0.301. The van der Waals surface area contributed by atoms with Crippen LogP contribution in [-0.4, -0.2) is 0 Å². The van der Waals surface area contributed by atoms with Crippen molar-refractivity contribution in [1.29, 1.82) is 0 Å². The zero-order chi connectivity index (χ0) is 16.5. The summed E-state index contributed by atoms with van der Waals surface area (Å²) in [5.74, 6) is 0. The molecular weight excluding hydrogens is 424 g/mol. The number of fused-ring (bicyclic) bond motifs is 1. The van der Waals surface area contributed by atoms with Crippen LogP contribution in [0.3, 0.4) is 0 Å². The predicted molar refractivity (Wildman–Crippen MR) is 110 cm³/mol. The molecular formula is C22H14Br2. The Morgan fingerprint density at radius 3 is 1.25 bits per heavy atom. The first kappa shape index (κ1) is 15.6. The fourth-order valence-corrected chi connectivity index (χ4v) is 4.15. The third kappa shape index (κ3) is 2.92. The van der Waals surface area contributed by atoms with E-state index in [9.17, 15) is 0 Å². The van der Waals surface area contributed by atoms with E-state index in [-0.39, 0.29) is 0 Å². The number of hydrogen-bond donors (Lipinski definition) is 0. The molecule has 0 nitrogen and oxygen atoms in total. The predicted octanol–water partition coefficient (Wildman–Crippen LogP) is 7.70. The Morgan fingerprint density at radius 1 is 0.458 bits per heavy atom. The van der Waals surface area contributed by atoms with Gasteiger partial charge in [0.15, 0.2) is 0 Å². The first-order chi connectivity index (χ1) is 11.7. The first-order valence-corrected chi connectivity index (χ1v) is 9.34. The molecule has 0 aliphatic heterocycles. The molecule has 4 aromatic carbocycles. The third-order valence-electron chi connectivity index (χ3n) is 4.18. The second-order valence-corrected chi connectivity index (χ2v) is 7.45. The Bertz CT molecular complexity index is 926. The summed E-state index contributed by atoms with van der Waals surface area (Å²) in [5.41, 5.74) is 4.86. The van der Waals surface area contributed by atoms with E-state index in [2.05, 4.69) is 105 Å². The van der Waals surface area contributed by atoms with Crippen molar-refractivity contribution in [1.82, 2.24) is 0 Å². The highest BCUT2D eigenvalue weighted by Crippen LogP contribution is 2.37. The van der Waals surface area contributed by atoms with Crippen LogP contribution in [0.4, 0.5) is 0 Å². The molecule has 0 saturated heterocycles. The molecule has 0 saturated carbocycles. The summed E-state index contributed by atoms with van der Waals surface area (Å²) >= 11 is 7.45. The lowest BCUT2D eigenvalue weighted by molar-refractivity contribution is 1.59. The Balaban J connectivity index is 1.94. The largest absolute Gasteiger partial charge is 0.0622 e. The van der Waals surface area contributed by atoms with Crippen molar-refractivity contribution >= 4 is 42.6 Å². The third-order valence-corrected chi connectivity index (χ3v) is 5.49. The molecule has 0 N–H and O–H groups in total. The van der Waals surface area contributed by atoms with Crippen LogP contribution in [0, 0.1) is 0 Å². The molecule has 0 unspecified atom stereocenters. The van der Waals surface area contributed by atoms with Crippen molar-refractivity contribution < 1.29 is 0 Å². The molecule has 0 radical (unpaired) electrons. The molecule has 116 valence electrons. The maximum atomic E-state index is 3.73. The second-order valence-electron chi connectivity index (χ2n) is 5.74. The Hall–Kier alpha value is -1.90. The van der Waals surface area contributed by atoms with E-state index < -0.39 is 0 Å². The Kier molecular flexibility index (Phi) is 4.26. The van der Waals surface area contributed by atoms with Gasteiger partial charge in [0, 0.05) is 8.95 Å². The summed E-state index contributed by atoms with van der Waals surface area (Å²) in [5, 5.41) is 2.45. The van der Waals surface area contributed by atoms with Crippen LogP contribution in [0.15, 0.2) is 93.9 Å². The highest BCUT2D eigenvalue weighted by molar-refractivity contribution is 9.11. The van der Waals surface area contributed by atoms with E-state index in [1.54, 1.807) is 0 Å². The lowest BCUT2D eigenvalue weighted by Gasteiger charge is -2.11. The van der Waals surface area contributed by atoms with Crippen molar-refractivity contribution in [3.05, 3.63) is 93.9 Å². The van der Waals surface area contributed by atoms with Crippen LogP contribution in [0.2, 0.25) is 0 Å². The maximum Gasteiger partial charge on any atom is 0.0260 e. The lowest BCUT2D eigenvalue weighted by Crippen LogP contribution is -1.85. The Morgan fingerprint density at radius 2 is 0.833 bits per heavy atom. The minimum absolute atomic E-state index is 1.11.